The Balaban J connectivity index is 2.15. The van der Waals surface area contributed by atoms with Crippen LogP contribution in [0.15, 0.2) is 46.9 Å². The summed E-state index contributed by atoms with van der Waals surface area (Å²) in [6, 6.07) is 11.3. The summed E-state index contributed by atoms with van der Waals surface area (Å²) in [4.78, 5) is 22.3. The molecule has 2 rings (SSSR count). The van der Waals surface area contributed by atoms with Crippen molar-refractivity contribution >= 4 is 27.6 Å². The van der Waals surface area contributed by atoms with Crippen LogP contribution in [0.2, 0.25) is 0 Å². The number of esters is 1. The molecule has 7 heteroatoms. The molecule has 0 bridgehead atoms. The predicted octanol–water partition coefficient (Wildman–Crippen LogP) is 3.72. The van der Waals surface area contributed by atoms with E-state index in [0.717, 1.165) is 16.1 Å². The van der Waals surface area contributed by atoms with Crippen molar-refractivity contribution in [2.75, 3.05) is 7.11 Å². The highest BCUT2D eigenvalue weighted by atomic mass is 79.9. The molecular weight excluding hydrogens is 354 g/mol. The van der Waals surface area contributed by atoms with Crippen LogP contribution in [0, 0.1) is 10.1 Å². The highest BCUT2D eigenvalue weighted by Crippen LogP contribution is 2.28. The molecule has 0 aliphatic heterocycles. The topological polar surface area (TPSA) is 78.7 Å². The highest BCUT2D eigenvalue weighted by molar-refractivity contribution is 9.10. The number of benzene rings is 2. The molecule has 0 saturated carbocycles. The molecule has 0 fully saturated rings. The number of carbonyl (C=O) groups is 1. The second-order valence-corrected chi connectivity index (χ2v) is 5.17. The van der Waals surface area contributed by atoms with Crippen LogP contribution in [0.3, 0.4) is 0 Å². The molecule has 0 saturated heterocycles. The Morgan fingerprint density at radius 2 is 2.00 bits per heavy atom. The maximum absolute atomic E-state index is 12.0. The van der Waals surface area contributed by atoms with Gasteiger partial charge in [0.2, 0.25) is 0 Å². The smallest absolute Gasteiger partial charge is 0.338 e. The number of nitrogens with zero attached hydrogens (tertiary/aromatic N) is 1. The number of nitro benzene ring substituents is 1. The predicted molar refractivity (Wildman–Crippen MR) is 82.9 cm³/mol. The minimum atomic E-state index is -0.637. The van der Waals surface area contributed by atoms with Crippen LogP contribution in [-0.4, -0.2) is 18.0 Å². The minimum Gasteiger partial charge on any atom is -0.490 e. The van der Waals surface area contributed by atoms with Gasteiger partial charge in [-0.15, -0.1) is 0 Å². The van der Waals surface area contributed by atoms with Crippen molar-refractivity contribution in [3.05, 3.63) is 68.2 Å². The van der Waals surface area contributed by atoms with E-state index in [9.17, 15) is 14.9 Å². The van der Waals surface area contributed by atoms with Gasteiger partial charge in [-0.3, -0.25) is 10.1 Å². The zero-order valence-electron chi connectivity index (χ0n) is 11.6. The normalized spacial score (nSPS) is 10.1. The van der Waals surface area contributed by atoms with Gasteiger partial charge in [0.15, 0.2) is 5.75 Å². The molecule has 6 nitrogen and oxygen atoms in total. The van der Waals surface area contributed by atoms with Crippen molar-refractivity contribution in [3.63, 3.8) is 0 Å². The van der Waals surface area contributed by atoms with Crippen LogP contribution in [0.1, 0.15) is 15.9 Å². The monoisotopic (exact) mass is 365 g/mol. The van der Waals surface area contributed by atoms with Gasteiger partial charge in [0.25, 0.3) is 0 Å². The molecular formula is C15H12BrNO5. The SMILES string of the molecule is COc1ccc(C(=O)OCc2ccccc2Br)cc1[N+](=O)[O-]. The number of rotatable bonds is 5. The zero-order chi connectivity index (χ0) is 16.1. The third kappa shape index (κ3) is 3.62. The quantitative estimate of drug-likeness (QED) is 0.458. The van der Waals surface area contributed by atoms with E-state index in [2.05, 4.69) is 15.9 Å². The van der Waals surface area contributed by atoms with Crippen LogP contribution in [0.25, 0.3) is 0 Å². The number of carbonyl (C=O) groups excluding carboxylic acids is 1. The molecule has 0 unspecified atom stereocenters. The van der Waals surface area contributed by atoms with Crippen molar-refractivity contribution in [1.29, 1.82) is 0 Å². The van der Waals surface area contributed by atoms with E-state index in [0.29, 0.717) is 0 Å². The molecule has 0 aliphatic rings. The van der Waals surface area contributed by atoms with Gasteiger partial charge in [0, 0.05) is 16.1 Å². The van der Waals surface area contributed by atoms with Crippen molar-refractivity contribution < 1.29 is 19.2 Å². The first-order chi connectivity index (χ1) is 10.5. The van der Waals surface area contributed by atoms with Crippen LogP contribution >= 0.6 is 15.9 Å². The van der Waals surface area contributed by atoms with Crippen LogP contribution < -0.4 is 4.74 Å². The van der Waals surface area contributed by atoms with E-state index in [-0.39, 0.29) is 23.6 Å². The Labute approximate surface area is 134 Å². The van der Waals surface area contributed by atoms with E-state index < -0.39 is 10.9 Å². The second-order valence-electron chi connectivity index (χ2n) is 4.31. The molecule has 0 N–H and O–H groups in total. The summed E-state index contributed by atoms with van der Waals surface area (Å²) in [5.41, 5.74) is 0.622. The molecule has 0 radical (unpaired) electrons. The van der Waals surface area contributed by atoms with Gasteiger partial charge >= 0.3 is 11.7 Å². The molecule has 22 heavy (non-hydrogen) atoms. The average Bonchev–Trinajstić information content (AvgIpc) is 2.53. The number of nitro groups is 1. The lowest BCUT2D eigenvalue weighted by Gasteiger charge is -2.07. The second kappa shape index (κ2) is 7.04. The summed E-state index contributed by atoms with van der Waals surface area (Å²) in [5, 5.41) is 10.9. The summed E-state index contributed by atoms with van der Waals surface area (Å²) < 4.78 is 10.9. The van der Waals surface area contributed by atoms with Gasteiger partial charge in [-0.25, -0.2) is 4.79 Å². The molecule has 2 aromatic carbocycles. The highest BCUT2D eigenvalue weighted by Gasteiger charge is 2.19. The van der Waals surface area contributed by atoms with Crippen LogP contribution in [0.4, 0.5) is 5.69 Å². The lowest BCUT2D eigenvalue weighted by atomic mass is 10.2. The Bertz CT molecular complexity index is 717. The Kier molecular flexibility index (Phi) is 5.11. The lowest BCUT2D eigenvalue weighted by molar-refractivity contribution is -0.385. The number of halogens is 1. The molecule has 0 atom stereocenters. The molecule has 0 heterocycles. The standard InChI is InChI=1S/C15H12BrNO5/c1-21-14-7-6-10(8-13(14)17(19)20)15(18)22-9-11-4-2-3-5-12(11)16/h2-8H,9H2,1H3. The Morgan fingerprint density at radius 3 is 2.64 bits per heavy atom. The Morgan fingerprint density at radius 1 is 1.27 bits per heavy atom. The first-order valence-electron chi connectivity index (χ1n) is 6.26. The van der Waals surface area contributed by atoms with Crippen LogP contribution in [0.5, 0.6) is 5.75 Å². The average molecular weight is 366 g/mol. The van der Waals surface area contributed by atoms with Crippen LogP contribution in [-0.2, 0) is 11.3 Å². The Hall–Kier alpha value is -2.41. The van der Waals surface area contributed by atoms with Crippen molar-refractivity contribution in [3.8, 4) is 5.75 Å². The molecule has 0 aromatic heterocycles. The van der Waals surface area contributed by atoms with Gasteiger partial charge in [0.1, 0.15) is 6.61 Å². The van der Waals surface area contributed by atoms with E-state index >= 15 is 0 Å². The fraction of sp³-hybridized carbons (Fsp3) is 0.133. The number of methoxy groups -OCH3 is 1. The van der Waals surface area contributed by atoms with E-state index in [1.807, 2.05) is 24.3 Å². The van der Waals surface area contributed by atoms with Crippen molar-refractivity contribution in [2.24, 2.45) is 0 Å². The molecule has 0 aliphatic carbocycles. The third-order valence-corrected chi connectivity index (χ3v) is 3.70. The fourth-order valence-corrected chi connectivity index (χ4v) is 2.20. The van der Waals surface area contributed by atoms with Gasteiger partial charge < -0.3 is 9.47 Å². The maximum atomic E-state index is 12.0. The van der Waals surface area contributed by atoms with Gasteiger partial charge in [-0.05, 0) is 18.2 Å². The fourth-order valence-electron chi connectivity index (χ4n) is 1.80. The summed E-state index contributed by atoms with van der Waals surface area (Å²) in [7, 11) is 1.33. The first-order valence-corrected chi connectivity index (χ1v) is 7.05. The minimum absolute atomic E-state index is 0.0695. The summed E-state index contributed by atoms with van der Waals surface area (Å²) >= 11 is 3.36. The lowest BCUT2D eigenvalue weighted by Crippen LogP contribution is -2.06. The summed E-state index contributed by atoms with van der Waals surface area (Å²) in [5.74, 6) is -0.547. The summed E-state index contributed by atoms with van der Waals surface area (Å²) in [6.45, 7) is 0.0695. The van der Waals surface area contributed by atoms with E-state index in [1.54, 1.807) is 0 Å². The van der Waals surface area contributed by atoms with Crippen molar-refractivity contribution in [1.82, 2.24) is 0 Å². The van der Waals surface area contributed by atoms with Crippen molar-refractivity contribution in [2.45, 2.75) is 6.61 Å². The first kappa shape index (κ1) is 16.0. The largest absolute Gasteiger partial charge is 0.490 e. The van der Waals surface area contributed by atoms with Gasteiger partial charge in [-0.1, -0.05) is 34.1 Å². The third-order valence-electron chi connectivity index (χ3n) is 2.93. The molecule has 2 aromatic rings. The number of ether oxygens (including phenoxy) is 2. The number of hydrogen-bond acceptors (Lipinski definition) is 5. The maximum Gasteiger partial charge on any atom is 0.338 e. The molecule has 0 spiro atoms. The van der Waals surface area contributed by atoms with E-state index in [1.165, 1.54) is 19.2 Å². The van der Waals surface area contributed by atoms with Gasteiger partial charge in [-0.2, -0.15) is 0 Å². The molecule has 114 valence electrons. The number of hydrogen-bond donors (Lipinski definition) is 0. The van der Waals surface area contributed by atoms with Gasteiger partial charge in [0.05, 0.1) is 17.6 Å². The zero-order valence-corrected chi connectivity index (χ0v) is 13.2. The van der Waals surface area contributed by atoms with E-state index in [4.69, 9.17) is 9.47 Å². The summed E-state index contributed by atoms with van der Waals surface area (Å²) in [6.07, 6.45) is 0. The molecule has 0 amide bonds.